The molecule has 0 aliphatic carbocycles. The van der Waals surface area contributed by atoms with Gasteiger partial charge in [0.1, 0.15) is 11.4 Å². The molecule has 2 heterocycles. The lowest BCUT2D eigenvalue weighted by Crippen LogP contribution is -2.48. The van der Waals surface area contributed by atoms with E-state index in [2.05, 4.69) is 21.1 Å². The molecule has 1 saturated heterocycles. The van der Waals surface area contributed by atoms with E-state index in [-0.39, 0.29) is 22.8 Å². The second-order valence-corrected chi connectivity index (χ2v) is 9.13. The maximum absolute atomic E-state index is 13.2. The van der Waals surface area contributed by atoms with Crippen LogP contribution in [0.25, 0.3) is 11.0 Å². The van der Waals surface area contributed by atoms with Crippen molar-refractivity contribution in [2.45, 2.75) is 26.3 Å². The maximum Gasteiger partial charge on any atom is 0.336 e. The SMILES string of the molecule is Cc1cc(=O)oc2cc(NC(=S)NNC(=O)C3CCN(Cc4ccc(F)cc4Cl)CC3)ccc12. The number of anilines is 1. The van der Waals surface area contributed by atoms with Crippen molar-refractivity contribution in [1.82, 2.24) is 15.8 Å². The fraction of sp³-hybridized carbons (Fsp3) is 0.292. The van der Waals surface area contributed by atoms with Crippen molar-refractivity contribution < 1.29 is 13.6 Å². The molecule has 1 aliphatic heterocycles. The standard InChI is InChI=1S/C24H24ClFN4O3S/c1-14-10-22(31)33-21-12-18(4-5-19(14)21)27-24(34)29-28-23(32)15-6-8-30(9-7-15)13-16-2-3-17(26)11-20(16)25/h2-5,10-12,15H,6-9,13H2,1H3,(H,28,32)(H2,27,29,34). The molecule has 1 fully saturated rings. The molecule has 4 rings (SSSR count). The number of carbonyl (C=O) groups excluding carboxylic acids is 1. The van der Waals surface area contributed by atoms with Gasteiger partial charge < -0.3 is 9.73 Å². The molecule has 34 heavy (non-hydrogen) atoms. The van der Waals surface area contributed by atoms with E-state index in [9.17, 15) is 14.0 Å². The lowest BCUT2D eigenvalue weighted by molar-refractivity contribution is -0.127. The number of likely N-dealkylation sites (tertiary alicyclic amines) is 1. The van der Waals surface area contributed by atoms with Gasteiger partial charge in [-0.25, -0.2) is 9.18 Å². The Kier molecular flexibility index (Phi) is 7.45. The first kappa shape index (κ1) is 24.1. The molecule has 7 nitrogen and oxygen atoms in total. The normalized spacial score (nSPS) is 14.7. The molecule has 1 amide bonds. The largest absolute Gasteiger partial charge is 0.423 e. The van der Waals surface area contributed by atoms with Crippen molar-refractivity contribution in [2.24, 2.45) is 5.92 Å². The molecule has 0 spiro atoms. The predicted octanol–water partition coefficient (Wildman–Crippen LogP) is 4.12. The van der Waals surface area contributed by atoms with Crippen molar-refractivity contribution in [3.63, 3.8) is 0 Å². The van der Waals surface area contributed by atoms with Gasteiger partial charge in [0, 0.05) is 40.7 Å². The van der Waals surface area contributed by atoms with Gasteiger partial charge in [-0.1, -0.05) is 17.7 Å². The predicted molar refractivity (Wildman–Crippen MR) is 134 cm³/mol. The van der Waals surface area contributed by atoms with Gasteiger partial charge in [-0.2, -0.15) is 0 Å². The molecular weight excluding hydrogens is 479 g/mol. The van der Waals surface area contributed by atoms with Crippen molar-refractivity contribution in [2.75, 3.05) is 18.4 Å². The molecule has 3 aromatic rings. The smallest absolute Gasteiger partial charge is 0.336 e. The minimum absolute atomic E-state index is 0.135. The average Bonchev–Trinajstić information content (AvgIpc) is 2.79. The van der Waals surface area contributed by atoms with Gasteiger partial charge in [-0.05, 0) is 80.5 Å². The van der Waals surface area contributed by atoms with Crippen LogP contribution >= 0.6 is 23.8 Å². The number of halogens is 2. The summed E-state index contributed by atoms with van der Waals surface area (Å²) in [5.41, 5.74) is 7.75. The number of hydrogen-bond acceptors (Lipinski definition) is 5. The van der Waals surface area contributed by atoms with Crippen LogP contribution in [0.4, 0.5) is 10.1 Å². The number of hydrazine groups is 1. The summed E-state index contributed by atoms with van der Waals surface area (Å²) in [4.78, 5) is 26.4. The molecule has 178 valence electrons. The first-order valence-corrected chi connectivity index (χ1v) is 11.6. The number of piperidine rings is 1. The number of amides is 1. The molecule has 10 heteroatoms. The van der Waals surface area contributed by atoms with Crippen LogP contribution in [0, 0.1) is 18.7 Å². The van der Waals surface area contributed by atoms with Crippen molar-refractivity contribution in [3.8, 4) is 0 Å². The molecule has 0 atom stereocenters. The fourth-order valence-electron chi connectivity index (χ4n) is 4.03. The van der Waals surface area contributed by atoms with Gasteiger partial charge in [-0.15, -0.1) is 0 Å². The van der Waals surface area contributed by atoms with Crippen LogP contribution in [0.2, 0.25) is 5.02 Å². The van der Waals surface area contributed by atoms with E-state index in [1.165, 1.54) is 18.2 Å². The number of carbonyl (C=O) groups is 1. The first-order valence-electron chi connectivity index (χ1n) is 10.9. The summed E-state index contributed by atoms with van der Waals surface area (Å²) in [5.74, 6) is -0.636. The quantitative estimate of drug-likeness (QED) is 0.281. The fourth-order valence-corrected chi connectivity index (χ4v) is 4.43. The van der Waals surface area contributed by atoms with Crippen LogP contribution in [-0.4, -0.2) is 29.0 Å². The van der Waals surface area contributed by atoms with Gasteiger partial charge >= 0.3 is 5.63 Å². The Balaban J connectivity index is 1.24. The zero-order valence-corrected chi connectivity index (χ0v) is 20.1. The van der Waals surface area contributed by atoms with Crippen molar-refractivity contribution in [1.29, 1.82) is 0 Å². The minimum atomic E-state index is -0.415. The van der Waals surface area contributed by atoms with Crippen LogP contribution in [0.1, 0.15) is 24.0 Å². The molecule has 1 aliphatic rings. The summed E-state index contributed by atoms with van der Waals surface area (Å²) in [5, 5.41) is 4.43. The van der Waals surface area contributed by atoms with E-state index in [0.717, 1.165) is 29.6 Å². The number of hydrogen-bond donors (Lipinski definition) is 3. The lowest BCUT2D eigenvalue weighted by atomic mass is 9.96. The highest BCUT2D eigenvalue weighted by Crippen LogP contribution is 2.23. The Hall–Kier alpha value is -3.01. The summed E-state index contributed by atoms with van der Waals surface area (Å²) < 4.78 is 18.5. The molecular formula is C24H24ClFN4O3S. The number of benzene rings is 2. The molecule has 3 N–H and O–H groups in total. The van der Waals surface area contributed by atoms with E-state index < -0.39 is 5.63 Å². The van der Waals surface area contributed by atoms with E-state index in [0.29, 0.717) is 35.7 Å². The molecule has 0 saturated carbocycles. The van der Waals surface area contributed by atoms with E-state index in [1.54, 1.807) is 12.1 Å². The van der Waals surface area contributed by atoms with Gasteiger partial charge in [0.2, 0.25) is 5.91 Å². The van der Waals surface area contributed by atoms with Gasteiger partial charge in [-0.3, -0.25) is 20.5 Å². The number of aryl methyl sites for hydroxylation is 1. The number of nitrogens with zero attached hydrogens (tertiary/aromatic N) is 1. The molecule has 0 bridgehead atoms. The lowest BCUT2D eigenvalue weighted by Gasteiger charge is -2.31. The van der Waals surface area contributed by atoms with Gasteiger partial charge in [0.25, 0.3) is 0 Å². The Labute approximate surface area is 206 Å². The number of rotatable bonds is 4. The van der Waals surface area contributed by atoms with Crippen molar-refractivity contribution >= 4 is 51.5 Å². The van der Waals surface area contributed by atoms with Crippen LogP contribution in [0.15, 0.2) is 51.7 Å². The highest BCUT2D eigenvalue weighted by molar-refractivity contribution is 7.80. The van der Waals surface area contributed by atoms with Crippen LogP contribution in [0.5, 0.6) is 0 Å². The third kappa shape index (κ3) is 5.91. The van der Waals surface area contributed by atoms with Gasteiger partial charge in [0.15, 0.2) is 5.11 Å². The molecule has 2 aromatic carbocycles. The summed E-state index contributed by atoms with van der Waals surface area (Å²) in [6, 6.07) is 11.2. The zero-order valence-electron chi connectivity index (χ0n) is 18.5. The maximum atomic E-state index is 13.2. The van der Waals surface area contributed by atoms with Crippen LogP contribution in [-0.2, 0) is 11.3 Å². The summed E-state index contributed by atoms with van der Waals surface area (Å²) in [7, 11) is 0. The highest BCUT2D eigenvalue weighted by atomic mass is 35.5. The highest BCUT2D eigenvalue weighted by Gasteiger charge is 2.25. The molecule has 0 radical (unpaired) electrons. The third-order valence-corrected chi connectivity index (χ3v) is 6.43. The molecule has 0 unspecified atom stereocenters. The summed E-state index contributed by atoms with van der Waals surface area (Å²) in [6.07, 6.45) is 1.38. The average molecular weight is 503 g/mol. The Morgan fingerprint density at radius 3 is 2.68 bits per heavy atom. The van der Waals surface area contributed by atoms with E-state index in [4.69, 9.17) is 28.2 Å². The van der Waals surface area contributed by atoms with E-state index >= 15 is 0 Å². The first-order chi connectivity index (χ1) is 16.3. The monoisotopic (exact) mass is 502 g/mol. The Morgan fingerprint density at radius 2 is 1.94 bits per heavy atom. The molecule has 1 aromatic heterocycles. The second-order valence-electron chi connectivity index (χ2n) is 8.31. The van der Waals surface area contributed by atoms with Crippen LogP contribution in [0.3, 0.4) is 0 Å². The topological polar surface area (TPSA) is 86.6 Å². The third-order valence-electron chi connectivity index (χ3n) is 5.88. The Bertz CT molecular complexity index is 1290. The van der Waals surface area contributed by atoms with Crippen LogP contribution < -0.4 is 21.8 Å². The minimum Gasteiger partial charge on any atom is -0.423 e. The Morgan fingerprint density at radius 1 is 1.18 bits per heavy atom. The summed E-state index contributed by atoms with van der Waals surface area (Å²) >= 11 is 11.4. The van der Waals surface area contributed by atoms with Gasteiger partial charge in [0.05, 0.1) is 0 Å². The number of thiocarbonyl (C=S) groups is 1. The number of fused-ring (bicyclic) bond motifs is 1. The number of nitrogens with one attached hydrogen (secondary N) is 3. The summed E-state index contributed by atoms with van der Waals surface area (Å²) in [6.45, 7) is 3.92. The zero-order chi connectivity index (χ0) is 24.2. The van der Waals surface area contributed by atoms with Crippen molar-refractivity contribution in [3.05, 3.63) is 74.9 Å². The van der Waals surface area contributed by atoms with E-state index in [1.807, 2.05) is 19.1 Å². The second kappa shape index (κ2) is 10.5.